The molecule has 3 aromatic heterocycles. The largest absolute Gasteiger partial charge is 0.328 e. The molecule has 1 saturated carbocycles. The van der Waals surface area contributed by atoms with Gasteiger partial charge in [0.2, 0.25) is 0 Å². The molecule has 1 aromatic carbocycles. The molecule has 182 valence electrons. The average Bonchev–Trinajstić information content (AvgIpc) is 3.23. The van der Waals surface area contributed by atoms with Crippen molar-refractivity contribution in [1.29, 1.82) is 0 Å². The Morgan fingerprint density at radius 1 is 1.14 bits per heavy atom. The summed E-state index contributed by atoms with van der Waals surface area (Å²) in [5.74, 6) is 0.0683. The highest BCUT2D eigenvalue weighted by atomic mass is 32.2. The molecule has 5 rings (SSSR count). The summed E-state index contributed by atoms with van der Waals surface area (Å²) in [5, 5.41) is 0.472. The number of aryl methyl sites for hydroxylation is 2. The third-order valence-corrected chi connectivity index (χ3v) is 8.31. The molecule has 3 heterocycles. The van der Waals surface area contributed by atoms with Crippen molar-refractivity contribution in [2.24, 2.45) is 11.7 Å². The van der Waals surface area contributed by atoms with E-state index in [1.54, 1.807) is 31.2 Å². The van der Waals surface area contributed by atoms with Crippen molar-refractivity contribution in [2.75, 3.05) is 0 Å². The molecule has 35 heavy (non-hydrogen) atoms. The van der Waals surface area contributed by atoms with Gasteiger partial charge < -0.3 is 5.73 Å². The molecule has 0 amide bonds. The molecule has 1 aliphatic rings. The minimum atomic E-state index is -3.94. The van der Waals surface area contributed by atoms with E-state index in [4.69, 9.17) is 5.73 Å². The van der Waals surface area contributed by atoms with E-state index in [0.717, 1.165) is 35.2 Å². The van der Waals surface area contributed by atoms with Crippen molar-refractivity contribution in [3.8, 4) is 11.4 Å². The predicted molar refractivity (Wildman–Crippen MR) is 131 cm³/mol. The van der Waals surface area contributed by atoms with E-state index in [9.17, 15) is 8.42 Å². The molecule has 0 bridgehead atoms. The van der Waals surface area contributed by atoms with Crippen molar-refractivity contribution >= 4 is 21.1 Å². The Labute approximate surface area is 203 Å². The topological polar surface area (TPSA) is 117 Å². The first-order valence-electron chi connectivity index (χ1n) is 11.7. The molecule has 2 atom stereocenters. The first-order chi connectivity index (χ1) is 16.7. The number of nitrogens with zero attached hydrogens (tertiary/aromatic N) is 5. The first kappa shape index (κ1) is 23.5. The van der Waals surface area contributed by atoms with Gasteiger partial charge in [-0.3, -0.25) is 0 Å². The molecule has 0 saturated heterocycles. The lowest BCUT2D eigenvalue weighted by molar-refractivity contribution is 0.315. The zero-order valence-corrected chi connectivity index (χ0v) is 20.5. The number of fused-ring (bicyclic) bond motifs is 1. The summed E-state index contributed by atoms with van der Waals surface area (Å²) in [7, 11) is -3.94. The van der Waals surface area contributed by atoms with Crippen LogP contribution in [0.5, 0.6) is 0 Å². The van der Waals surface area contributed by atoms with Crippen LogP contribution in [-0.4, -0.2) is 38.4 Å². The summed E-state index contributed by atoms with van der Waals surface area (Å²) < 4.78 is 43.1. The van der Waals surface area contributed by atoms with Crippen LogP contribution in [0.1, 0.15) is 42.6 Å². The van der Waals surface area contributed by atoms with Gasteiger partial charge in [0.1, 0.15) is 6.33 Å². The first-order valence-corrected chi connectivity index (χ1v) is 13.1. The van der Waals surface area contributed by atoms with E-state index in [-0.39, 0.29) is 34.0 Å². The van der Waals surface area contributed by atoms with Gasteiger partial charge in [-0.25, -0.2) is 36.7 Å². The quantitative estimate of drug-likeness (QED) is 0.447. The minimum absolute atomic E-state index is 0.126. The summed E-state index contributed by atoms with van der Waals surface area (Å²) in [6.07, 6.45) is 8.55. The predicted octanol–water partition coefficient (Wildman–Crippen LogP) is 3.94. The lowest BCUT2D eigenvalue weighted by atomic mass is 9.83. The highest BCUT2D eigenvalue weighted by molar-refractivity contribution is 7.90. The van der Waals surface area contributed by atoms with Crippen LogP contribution >= 0.6 is 0 Å². The zero-order valence-electron chi connectivity index (χ0n) is 19.6. The van der Waals surface area contributed by atoms with Crippen molar-refractivity contribution in [1.82, 2.24) is 23.9 Å². The number of aromatic nitrogens is 5. The molecule has 2 N–H and O–H groups in total. The van der Waals surface area contributed by atoms with Gasteiger partial charge in [0, 0.05) is 29.4 Å². The Morgan fingerprint density at radius 3 is 2.66 bits per heavy atom. The molecule has 4 aromatic rings. The Hall–Kier alpha value is -3.24. The molecule has 0 aliphatic heterocycles. The molecule has 0 unspecified atom stereocenters. The van der Waals surface area contributed by atoms with Crippen molar-refractivity contribution in [3.63, 3.8) is 0 Å². The normalized spacial score (nSPS) is 18.7. The molecule has 1 aliphatic carbocycles. The Bertz CT molecular complexity index is 1500. The number of nitrogens with two attached hydrogens (primary N) is 1. The second kappa shape index (κ2) is 9.09. The molecule has 1 fully saturated rings. The van der Waals surface area contributed by atoms with E-state index in [2.05, 4.69) is 19.9 Å². The van der Waals surface area contributed by atoms with Crippen molar-refractivity contribution in [3.05, 3.63) is 65.8 Å². The maximum absolute atomic E-state index is 15.0. The Morgan fingerprint density at radius 2 is 1.91 bits per heavy atom. The van der Waals surface area contributed by atoms with Crippen LogP contribution < -0.4 is 5.73 Å². The van der Waals surface area contributed by atoms with Crippen LogP contribution in [0.25, 0.3) is 22.4 Å². The fourth-order valence-electron chi connectivity index (χ4n) is 4.79. The number of hydrogen-bond donors (Lipinski definition) is 1. The maximum Gasteiger partial charge on any atom is 0.269 e. The average molecular weight is 495 g/mol. The van der Waals surface area contributed by atoms with Gasteiger partial charge in [0.15, 0.2) is 17.3 Å². The summed E-state index contributed by atoms with van der Waals surface area (Å²) >= 11 is 0. The minimum Gasteiger partial charge on any atom is -0.328 e. The monoisotopic (exact) mass is 494 g/mol. The van der Waals surface area contributed by atoms with Crippen molar-refractivity contribution in [2.45, 2.75) is 56.9 Å². The van der Waals surface area contributed by atoms with Gasteiger partial charge >= 0.3 is 0 Å². The van der Waals surface area contributed by atoms with E-state index in [0.29, 0.717) is 23.1 Å². The second-order valence-corrected chi connectivity index (χ2v) is 11.1. The third-order valence-electron chi connectivity index (χ3n) is 6.65. The van der Waals surface area contributed by atoms with Gasteiger partial charge in [0.25, 0.3) is 10.0 Å². The van der Waals surface area contributed by atoms with E-state index < -0.39 is 15.8 Å². The van der Waals surface area contributed by atoms with Gasteiger partial charge in [-0.05, 0) is 57.6 Å². The van der Waals surface area contributed by atoms with Crippen LogP contribution in [0.3, 0.4) is 0 Å². The van der Waals surface area contributed by atoms with Crippen LogP contribution in [0.4, 0.5) is 4.39 Å². The van der Waals surface area contributed by atoms with Crippen LogP contribution in [0, 0.1) is 25.6 Å². The lowest BCUT2D eigenvalue weighted by Gasteiger charge is -2.26. The summed E-state index contributed by atoms with van der Waals surface area (Å²) in [6.45, 7) is 3.48. The summed E-state index contributed by atoms with van der Waals surface area (Å²) in [6, 6.07) is 6.72. The van der Waals surface area contributed by atoms with E-state index >= 15 is 4.39 Å². The number of halogens is 1. The molecular formula is C25H27FN6O2S. The van der Waals surface area contributed by atoms with Crippen LogP contribution in [0.2, 0.25) is 0 Å². The molecule has 8 nitrogen and oxygen atoms in total. The van der Waals surface area contributed by atoms with E-state index in [1.165, 1.54) is 18.7 Å². The fourth-order valence-corrected chi connectivity index (χ4v) is 6.11. The highest BCUT2D eigenvalue weighted by Crippen LogP contribution is 2.32. The Kier molecular flexibility index (Phi) is 6.10. The van der Waals surface area contributed by atoms with Gasteiger partial charge in [0.05, 0.1) is 16.3 Å². The molecule has 0 spiro atoms. The van der Waals surface area contributed by atoms with Gasteiger partial charge in [-0.1, -0.05) is 24.1 Å². The number of hydrogen-bond acceptors (Lipinski definition) is 7. The standard InChI is InChI=1S/C25H27FN6O2S/c1-15-6-8-19(9-7-15)35(33,34)32-13-21(20-12-28-14-29-25(20)32)24-30-16(2)23(26)22(31-24)11-17-4-3-5-18(27)10-17/h6-9,12-14,17-18H,3-5,10-11,27H2,1-2H3/t17-,18+/m1/s1. The zero-order chi connectivity index (χ0) is 24.7. The van der Waals surface area contributed by atoms with Crippen molar-refractivity contribution < 1.29 is 12.8 Å². The number of rotatable bonds is 5. The molecular weight excluding hydrogens is 467 g/mol. The second-order valence-electron chi connectivity index (χ2n) is 9.31. The smallest absolute Gasteiger partial charge is 0.269 e. The highest BCUT2D eigenvalue weighted by Gasteiger charge is 2.26. The van der Waals surface area contributed by atoms with Gasteiger partial charge in [-0.2, -0.15) is 0 Å². The van der Waals surface area contributed by atoms with Crippen LogP contribution in [-0.2, 0) is 16.4 Å². The molecule has 10 heteroatoms. The third kappa shape index (κ3) is 4.43. The van der Waals surface area contributed by atoms with Crippen LogP contribution in [0.15, 0.2) is 47.9 Å². The van der Waals surface area contributed by atoms with E-state index in [1.807, 2.05) is 6.92 Å². The lowest BCUT2D eigenvalue weighted by Crippen LogP contribution is -2.29. The molecule has 0 radical (unpaired) electrons. The summed E-state index contributed by atoms with van der Waals surface area (Å²) in [5.41, 5.74) is 8.26. The fraction of sp³-hybridized carbons (Fsp3) is 0.360. The Balaban J connectivity index is 1.62. The van der Waals surface area contributed by atoms with Gasteiger partial charge in [-0.15, -0.1) is 0 Å². The SMILES string of the molecule is Cc1ccc(S(=O)(=O)n2cc(-c3nc(C)c(F)c(C[C@@H]4CCC[C@H](N)C4)n3)c3cncnc32)cc1. The maximum atomic E-state index is 15.0. The summed E-state index contributed by atoms with van der Waals surface area (Å²) in [4.78, 5) is 17.4. The number of benzene rings is 1.